The molecule has 1 aliphatic heterocycles. The molecule has 6 heteroatoms. The van der Waals surface area contributed by atoms with E-state index in [1.807, 2.05) is 7.05 Å². The molecule has 1 aromatic heterocycles. The molecule has 116 valence electrons. The van der Waals surface area contributed by atoms with E-state index in [0.29, 0.717) is 5.41 Å². The summed E-state index contributed by atoms with van der Waals surface area (Å²) >= 11 is 0. The van der Waals surface area contributed by atoms with Crippen molar-refractivity contribution in [1.82, 2.24) is 20.2 Å². The molecule has 1 aromatic rings. The molecule has 6 nitrogen and oxygen atoms in total. The van der Waals surface area contributed by atoms with Gasteiger partial charge < -0.3 is 15.5 Å². The fraction of sp³-hybridized carbons (Fsp3) is 0.667. The third-order valence-corrected chi connectivity index (χ3v) is 4.20. The molecule has 1 atom stereocenters. The standard InChI is InChI=1S/C15H26N6/c1-4-15(2)5-10-21(12-15)14(16-3)20-9-8-19-13-11-17-6-7-18-13/h6-7,11H,4-5,8-10,12H2,1-3H3,(H,16,20)(H,18,19). The van der Waals surface area contributed by atoms with Gasteiger partial charge in [0.05, 0.1) is 6.20 Å². The second-order valence-electron chi connectivity index (χ2n) is 5.83. The Bertz CT molecular complexity index is 460. The molecule has 21 heavy (non-hydrogen) atoms. The number of aromatic nitrogens is 2. The van der Waals surface area contributed by atoms with Gasteiger partial charge in [-0.2, -0.15) is 0 Å². The third kappa shape index (κ3) is 4.31. The summed E-state index contributed by atoms with van der Waals surface area (Å²) < 4.78 is 0. The highest BCUT2D eigenvalue weighted by molar-refractivity contribution is 5.80. The highest BCUT2D eigenvalue weighted by Gasteiger charge is 2.33. The molecule has 0 saturated carbocycles. The molecular formula is C15H26N6. The summed E-state index contributed by atoms with van der Waals surface area (Å²) in [6.45, 7) is 8.39. The van der Waals surface area contributed by atoms with Gasteiger partial charge in [0, 0.05) is 45.6 Å². The van der Waals surface area contributed by atoms with Crippen LogP contribution in [-0.2, 0) is 0 Å². The summed E-state index contributed by atoms with van der Waals surface area (Å²) in [5.41, 5.74) is 0.426. The molecule has 0 spiro atoms. The molecule has 2 heterocycles. The van der Waals surface area contributed by atoms with Crippen molar-refractivity contribution in [3.63, 3.8) is 0 Å². The van der Waals surface area contributed by atoms with Crippen LogP contribution in [0.15, 0.2) is 23.6 Å². The van der Waals surface area contributed by atoms with Gasteiger partial charge in [0.2, 0.25) is 0 Å². The number of nitrogens with zero attached hydrogens (tertiary/aromatic N) is 4. The zero-order valence-electron chi connectivity index (χ0n) is 13.3. The monoisotopic (exact) mass is 290 g/mol. The van der Waals surface area contributed by atoms with Crippen LogP contribution in [0.4, 0.5) is 5.82 Å². The van der Waals surface area contributed by atoms with E-state index in [1.54, 1.807) is 18.6 Å². The fourth-order valence-electron chi connectivity index (χ4n) is 2.58. The van der Waals surface area contributed by atoms with Gasteiger partial charge in [0.15, 0.2) is 5.96 Å². The molecule has 2 rings (SSSR count). The lowest BCUT2D eigenvalue weighted by Crippen LogP contribution is -2.42. The number of hydrogen-bond donors (Lipinski definition) is 2. The van der Waals surface area contributed by atoms with E-state index in [-0.39, 0.29) is 0 Å². The van der Waals surface area contributed by atoms with E-state index in [4.69, 9.17) is 0 Å². The minimum Gasteiger partial charge on any atom is -0.367 e. The van der Waals surface area contributed by atoms with Crippen LogP contribution < -0.4 is 10.6 Å². The quantitative estimate of drug-likeness (QED) is 0.490. The Hall–Kier alpha value is -1.85. The average Bonchev–Trinajstić information content (AvgIpc) is 2.91. The smallest absolute Gasteiger partial charge is 0.193 e. The van der Waals surface area contributed by atoms with Crippen molar-refractivity contribution in [3.05, 3.63) is 18.6 Å². The highest BCUT2D eigenvalue weighted by Crippen LogP contribution is 2.32. The molecule has 0 aromatic carbocycles. The summed E-state index contributed by atoms with van der Waals surface area (Å²) in [5, 5.41) is 6.64. The predicted octanol–water partition coefficient (Wildman–Crippen LogP) is 1.59. The number of hydrogen-bond acceptors (Lipinski definition) is 4. The molecule has 1 fully saturated rings. The Labute approximate surface area is 127 Å². The molecule has 1 aliphatic rings. The summed E-state index contributed by atoms with van der Waals surface area (Å²) in [4.78, 5) is 14.9. The second kappa shape index (κ2) is 7.24. The van der Waals surface area contributed by atoms with Crippen molar-refractivity contribution in [2.75, 3.05) is 38.5 Å². The van der Waals surface area contributed by atoms with Crippen molar-refractivity contribution in [3.8, 4) is 0 Å². The van der Waals surface area contributed by atoms with Crippen molar-refractivity contribution in [2.45, 2.75) is 26.7 Å². The number of rotatable bonds is 5. The predicted molar refractivity (Wildman–Crippen MR) is 86.5 cm³/mol. The largest absolute Gasteiger partial charge is 0.367 e. The third-order valence-electron chi connectivity index (χ3n) is 4.20. The van der Waals surface area contributed by atoms with Crippen LogP contribution >= 0.6 is 0 Å². The zero-order valence-corrected chi connectivity index (χ0v) is 13.3. The van der Waals surface area contributed by atoms with Gasteiger partial charge in [-0.25, -0.2) is 4.98 Å². The lowest BCUT2D eigenvalue weighted by Gasteiger charge is -2.25. The SMILES string of the molecule is CCC1(C)CCN(C(=NC)NCCNc2cnccn2)C1. The van der Waals surface area contributed by atoms with Crippen LogP contribution in [0.5, 0.6) is 0 Å². The number of guanidine groups is 1. The van der Waals surface area contributed by atoms with Crippen LogP contribution in [0.3, 0.4) is 0 Å². The van der Waals surface area contributed by atoms with E-state index >= 15 is 0 Å². The van der Waals surface area contributed by atoms with Crippen LogP contribution in [0.25, 0.3) is 0 Å². The maximum absolute atomic E-state index is 4.39. The number of aliphatic imine (C=N–C) groups is 1. The Balaban J connectivity index is 1.74. The van der Waals surface area contributed by atoms with E-state index in [1.165, 1.54) is 12.8 Å². The first-order chi connectivity index (χ1) is 10.2. The van der Waals surface area contributed by atoms with Gasteiger partial charge in [-0.15, -0.1) is 0 Å². The molecule has 0 radical (unpaired) electrons. The van der Waals surface area contributed by atoms with Gasteiger partial charge in [-0.1, -0.05) is 13.8 Å². The molecule has 0 aliphatic carbocycles. The first kappa shape index (κ1) is 15.5. The van der Waals surface area contributed by atoms with Gasteiger partial charge in [-0.3, -0.25) is 9.98 Å². The number of likely N-dealkylation sites (tertiary alicyclic amines) is 1. The minimum atomic E-state index is 0.426. The maximum Gasteiger partial charge on any atom is 0.193 e. The van der Waals surface area contributed by atoms with Gasteiger partial charge in [-0.05, 0) is 18.3 Å². The van der Waals surface area contributed by atoms with E-state index in [0.717, 1.165) is 38.0 Å². The normalized spacial score (nSPS) is 22.4. The molecule has 0 amide bonds. The first-order valence-electron chi connectivity index (χ1n) is 7.62. The fourth-order valence-corrected chi connectivity index (χ4v) is 2.58. The molecule has 2 N–H and O–H groups in total. The van der Waals surface area contributed by atoms with Crippen LogP contribution in [0.2, 0.25) is 0 Å². The first-order valence-corrected chi connectivity index (χ1v) is 7.62. The number of nitrogens with one attached hydrogen (secondary N) is 2. The molecule has 1 unspecified atom stereocenters. The van der Waals surface area contributed by atoms with Gasteiger partial charge in [0.25, 0.3) is 0 Å². The zero-order chi connectivity index (χ0) is 15.1. The lowest BCUT2D eigenvalue weighted by molar-refractivity contribution is 0.322. The molecule has 1 saturated heterocycles. The Kier molecular flexibility index (Phi) is 5.36. The summed E-state index contributed by atoms with van der Waals surface area (Å²) in [7, 11) is 1.85. The Morgan fingerprint density at radius 1 is 1.43 bits per heavy atom. The van der Waals surface area contributed by atoms with E-state index in [2.05, 4.69) is 44.3 Å². The highest BCUT2D eigenvalue weighted by atomic mass is 15.3. The second-order valence-corrected chi connectivity index (χ2v) is 5.83. The van der Waals surface area contributed by atoms with Crippen LogP contribution in [0.1, 0.15) is 26.7 Å². The van der Waals surface area contributed by atoms with Gasteiger partial charge in [0.1, 0.15) is 5.82 Å². The van der Waals surface area contributed by atoms with Crippen molar-refractivity contribution < 1.29 is 0 Å². The Morgan fingerprint density at radius 2 is 2.29 bits per heavy atom. The average molecular weight is 290 g/mol. The van der Waals surface area contributed by atoms with Gasteiger partial charge >= 0.3 is 0 Å². The summed E-state index contributed by atoms with van der Waals surface area (Å²) in [5.74, 6) is 1.79. The van der Waals surface area contributed by atoms with Crippen molar-refractivity contribution in [2.24, 2.45) is 10.4 Å². The van der Waals surface area contributed by atoms with Crippen LogP contribution in [-0.4, -0.2) is 54.1 Å². The van der Waals surface area contributed by atoms with Crippen molar-refractivity contribution >= 4 is 11.8 Å². The minimum absolute atomic E-state index is 0.426. The summed E-state index contributed by atoms with van der Waals surface area (Å²) in [6.07, 6.45) is 7.53. The Morgan fingerprint density at radius 3 is 2.90 bits per heavy atom. The lowest BCUT2D eigenvalue weighted by atomic mass is 9.87. The van der Waals surface area contributed by atoms with Crippen LogP contribution in [0, 0.1) is 5.41 Å². The molecular weight excluding hydrogens is 264 g/mol. The van der Waals surface area contributed by atoms with Crippen molar-refractivity contribution in [1.29, 1.82) is 0 Å². The molecule has 0 bridgehead atoms. The number of anilines is 1. The van der Waals surface area contributed by atoms with E-state index in [9.17, 15) is 0 Å². The topological polar surface area (TPSA) is 65.4 Å². The van der Waals surface area contributed by atoms with E-state index < -0.39 is 0 Å². The maximum atomic E-state index is 4.39. The summed E-state index contributed by atoms with van der Waals surface area (Å²) in [6, 6.07) is 0.